The molecule has 0 unspecified atom stereocenters. The first kappa shape index (κ1) is 12.0. The highest BCUT2D eigenvalue weighted by Crippen LogP contribution is 2.28. The Balaban J connectivity index is 2.45. The minimum Gasteiger partial charge on any atom is -0.396 e. The van der Waals surface area contributed by atoms with Crippen molar-refractivity contribution in [2.24, 2.45) is 0 Å². The molecule has 3 heteroatoms. The Morgan fingerprint density at radius 2 is 1.71 bits per heavy atom. The first-order valence-electron chi connectivity index (χ1n) is 5.46. The maximum Gasteiger partial charge on any atom is 0.0694 e. The number of aliphatic hydroxyl groups excluding tert-OH is 1. The van der Waals surface area contributed by atoms with Crippen LogP contribution >= 0.6 is 0 Å². The molecule has 0 aliphatic carbocycles. The number of piperidine rings is 1. The van der Waals surface area contributed by atoms with Gasteiger partial charge in [-0.05, 0) is 40.0 Å². The van der Waals surface area contributed by atoms with Gasteiger partial charge in [-0.15, -0.1) is 0 Å². The second kappa shape index (κ2) is 4.17. The smallest absolute Gasteiger partial charge is 0.0694 e. The molecule has 0 aromatic heterocycles. The second-order valence-corrected chi connectivity index (χ2v) is 5.36. The number of nitrogens with zero attached hydrogens (tertiary/aromatic N) is 1. The van der Waals surface area contributed by atoms with Crippen molar-refractivity contribution in [1.82, 2.24) is 4.90 Å². The highest BCUT2D eigenvalue weighted by Gasteiger charge is 2.34. The summed E-state index contributed by atoms with van der Waals surface area (Å²) in [6.45, 7) is 8.54. The first-order chi connectivity index (χ1) is 6.37. The van der Waals surface area contributed by atoms with Crippen LogP contribution in [0.1, 0.15) is 40.0 Å². The van der Waals surface area contributed by atoms with Crippen LogP contribution in [0.15, 0.2) is 0 Å². The zero-order valence-electron chi connectivity index (χ0n) is 9.58. The van der Waals surface area contributed by atoms with E-state index < -0.39 is 5.60 Å². The summed E-state index contributed by atoms with van der Waals surface area (Å²) in [6.07, 6.45) is 2.08. The summed E-state index contributed by atoms with van der Waals surface area (Å²) in [5.74, 6) is 0. The van der Waals surface area contributed by atoms with Gasteiger partial charge in [0.25, 0.3) is 0 Å². The van der Waals surface area contributed by atoms with E-state index in [4.69, 9.17) is 5.11 Å². The van der Waals surface area contributed by atoms with E-state index in [1.54, 1.807) is 0 Å². The highest BCUT2D eigenvalue weighted by molar-refractivity contribution is 4.89. The molecule has 0 saturated carbocycles. The molecule has 0 bridgehead atoms. The molecule has 1 aliphatic heterocycles. The maximum absolute atomic E-state index is 10.1. The van der Waals surface area contributed by atoms with Crippen LogP contribution in [0, 0.1) is 0 Å². The number of aliphatic hydroxyl groups is 2. The predicted octanol–water partition coefficient (Wildman–Crippen LogP) is 0.994. The van der Waals surface area contributed by atoms with Crippen LogP contribution in [0.2, 0.25) is 0 Å². The van der Waals surface area contributed by atoms with Crippen LogP contribution < -0.4 is 0 Å². The lowest BCUT2D eigenvalue weighted by molar-refractivity contribution is -0.0544. The van der Waals surface area contributed by atoms with Crippen molar-refractivity contribution >= 4 is 0 Å². The Labute approximate surface area is 86.7 Å². The van der Waals surface area contributed by atoms with E-state index in [0.717, 1.165) is 25.9 Å². The molecule has 3 nitrogen and oxygen atoms in total. The molecule has 84 valence electrons. The lowest BCUT2D eigenvalue weighted by atomic mass is 9.86. The molecule has 1 rings (SSSR count). The van der Waals surface area contributed by atoms with Crippen molar-refractivity contribution in [3.05, 3.63) is 0 Å². The third-order valence-corrected chi connectivity index (χ3v) is 3.22. The van der Waals surface area contributed by atoms with E-state index in [0.29, 0.717) is 6.42 Å². The van der Waals surface area contributed by atoms with E-state index in [2.05, 4.69) is 25.7 Å². The number of likely N-dealkylation sites (tertiary alicyclic amines) is 1. The highest BCUT2D eigenvalue weighted by atomic mass is 16.3. The van der Waals surface area contributed by atoms with Gasteiger partial charge in [-0.25, -0.2) is 0 Å². The molecule has 0 radical (unpaired) electrons. The molecule has 14 heavy (non-hydrogen) atoms. The van der Waals surface area contributed by atoms with E-state index in [-0.39, 0.29) is 12.1 Å². The molecule has 1 heterocycles. The van der Waals surface area contributed by atoms with Gasteiger partial charge in [-0.1, -0.05) is 0 Å². The topological polar surface area (TPSA) is 43.7 Å². The Bertz CT molecular complexity index is 178. The van der Waals surface area contributed by atoms with Gasteiger partial charge in [0.1, 0.15) is 0 Å². The van der Waals surface area contributed by atoms with Crippen LogP contribution in [0.5, 0.6) is 0 Å². The second-order valence-electron chi connectivity index (χ2n) is 5.36. The minimum atomic E-state index is -0.615. The third-order valence-electron chi connectivity index (χ3n) is 3.22. The quantitative estimate of drug-likeness (QED) is 0.700. The molecule has 0 spiro atoms. The predicted molar refractivity (Wildman–Crippen MR) is 57.2 cm³/mol. The summed E-state index contributed by atoms with van der Waals surface area (Å²) >= 11 is 0. The normalized spacial score (nSPS) is 23.8. The third kappa shape index (κ3) is 2.94. The fourth-order valence-electron chi connectivity index (χ4n) is 2.05. The van der Waals surface area contributed by atoms with E-state index in [9.17, 15) is 5.11 Å². The molecule has 0 atom stereocenters. The molecule has 1 saturated heterocycles. The SMILES string of the molecule is CC(C)(C)N1CCC(O)(CCO)CC1. The van der Waals surface area contributed by atoms with Crippen LogP contribution in [-0.2, 0) is 0 Å². The fourth-order valence-corrected chi connectivity index (χ4v) is 2.05. The molecule has 1 aliphatic rings. The van der Waals surface area contributed by atoms with Crippen LogP contribution in [0.3, 0.4) is 0 Å². The zero-order valence-corrected chi connectivity index (χ0v) is 9.58. The maximum atomic E-state index is 10.1. The molecule has 0 aromatic rings. The summed E-state index contributed by atoms with van der Waals surface area (Å²) in [5, 5.41) is 18.9. The minimum absolute atomic E-state index is 0.0893. The van der Waals surface area contributed by atoms with Gasteiger partial charge in [0.15, 0.2) is 0 Å². The number of hydrogen-bond acceptors (Lipinski definition) is 3. The molecule has 0 amide bonds. The van der Waals surface area contributed by atoms with Gasteiger partial charge < -0.3 is 10.2 Å². The van der Waals surface area contributed by atoms with Gasteiger partial charge in [-0.3, -0.25) is 4.90 Å². The summed E-state index contributed by atoms with van der Waals surface area (Å²) in [4.78, 5) is 2.39. The van der Waals surface area contributed by atoms with Gasteiger partial charge >= 0.3 is 0 Å². The number of rotatable bonds is 2. The van der Waals surface area contributed by atoms with E-state index in [1.807, 2.05) is 0 Å². The lowest BCUT2D eigenvalue weighted by Crippen LogP contribution is -2.51. The Morgan fingerprint density at radius 3 is 2.07 bits per heavy atom. The van der Waals surface area contributed by atoms with E-state index >= 15 is 0 Å². The van der Waals surface area contributed by atoms with Crippen molar-refractivity contribution in [2.75, 3.05) is 19.7 Å². The average molecular weight is 201 g/mol. The summed E-state index contributed by atoms with van der Waals surface area (Å²) in [6, 6.07) is 0. The van der Waals surface area contributed by atoms with Crippen LogP contribution in [-0.4, -0.2) is 45.9 Å². The van der Waals surface area contributed by atoms with Crippen molar-refractivity contribution in [2.45, 2.75) is 51.2 Å². The van der Waals surface area contributed by atoms with Crippen molar-refractivity contribution in [1.29, 1.82) is 0 Å². The fraction of sp³-hybridized carbons (Fsp3) is 1.00. The van der Waals surface area contributed by atoms with Crippen molar-refractivity contribution in [3.63, 3.8) is 0 Å². The Kier molecular flexibility index (Phi) is 3.56. The Morgan fingerprint density at radius 1 is 1.21 bits per heavy atom. The number of hydrogen-bond donors (Lipinski definition) is 2. The lowest BCUT2D eigenvalue weighted by Gasteiger charge is -2.44. The molecule has 2 N–H and O–H groups in total. The van der Waals surface area contributed by atoms with Gasteiger partial charge in [-0.2, -0.15) is 0 Å². The molecular formula is C11H23NO2. The van der Waals surface area contributed by atoms with Gasteiger partial charge in [0, 0.05) is 25.2 Å². The average Bonchev–Trinajstić information content (AvgIpc) is 2.03. The van der Waals surface area contributed by atoms with Crippen molar-refractivity contribution in [3.8, 4) is 0 Å². The summed E-state index contributed by atoms with van der Waals surface area (Å²) in [5.41, 5.74) is -0.420. The Hall–Kier alpha value is -0.120. The standard InChI is InChI=1S/C11H23NO2/c1-10(2,3)12-7-4-11(14,5-8-12)6-9-13/h13-14H,4-9H2,1-3H3. The monoisotopic (exact) mass is 201 g/mol. The summed E-state index contributed by atoms with van der Waals surface area (Å²) in [7, 11) is 0. The summed E-state index contributed by atoms with van der Waals surface area (Å²) < 4.78 is 0. The molecular weight excluding hydrogens is 178 g/mol. The van der Waals surface area contributed by atoms with Gasteiger partial charge in [0.2, 0.25) is 0 Å². The van der Waals surface area contributed by atoms with E-state index in [1.165, 1.54) is 0 Å². The van der Waals surface area contributed by atoms with Crippen molar-refractivity contribution < 1.29 is 10.2 Å². The molecule has 0 aromatic carbocycles. The first-order valence-corrected chi connectivity index (χ1v) is 5.46. The van der Waals surface area contributed by atoms with Crippen LogP contribution in [0.4, 0.5) is 0 Å². The van der Waals surface area contributed by atoms with Crippen LogP contribution in [0.25, 0.3) is 0 Å². The largest absolute Gasteiger partial charge is 0.396 e. The zero-order chi connectivity index (χ0) is 10.8. The van der Waals surface area contributed by atoms with Gasteiger partial charge in [0.05, 0.1) is 5.60 Å². The molecule has 1 fully saturated rings.